The third-order valence-electron chi connectivity index (χ3n) is 3.65. The predicted molar refractivity (Wildman–Crippen MR) is 92.6 cm³/mol. The first-order valence-electron chi connectivity index (χ1n) is 7.76. The summed E-state index contributed by atoms with van der Waals surface area (Å²) in [5.74, 6) is -0.535. The van der Waals surface area contributed by atoms with E-state index in [0.717, 1.165) is 5.01 Å². The number of aromatic nitrogens is 3. The summed E-state index contributed by atoms with van der Waals surface area (Å²) in [7, 11) is 1.65. The topological polar surface area (TPSA) is 88.5 Å². The Labute approximate surface area is 149 Å². The quantitative estimate of drug-likeness (QED) is 0.779. The third kappa shape index (κ3) is 3.46. The number of anilines is 1. The fourth-order valence-electron chi connectivity index (χ4n) is 2.29. The van der Waals surface area contributed by atoms with Gasteiger partial charge < -0.3 is 9.64 Å². The zero-order valence-electron chi connectivity index (χ0n) is 14.5. The molecule has 0 aliphatic carbocycles. The van der Waals surface area contributed by atoms with Crippen molar-refractivity contribution in [1.29, 1.82) is 0 Å². The summed E-state index contributed by atoms with van der Waals surface area (Å²) in [6.45, 7) is 6.33. The largest absolute Gasteiger partial charge is 0.435 e. The van der Waals surface area contributed by atoms with Crippen LogP contribution >= 0.6 is 11.3 Å². The van der Waals surface area contributed by atoms with Crippen molar-refractivity contribution in [1.82, 2.24) is 20.1 Å². The Balaban J connectivity index is 1.84. The lowest BCUT2D eigenvalue weighted by Gasteiger charge is -2.20. The van der Waals surface area contributed by atoms with Gasteiger partial charge in [0, 0.05) is 24.9 Å². The van der Waals surface area contributed by atoms with Crippen LogP contribution < -0.4 is 4.90 Å². The molecule has 25 heavy (non-hydrogen) atoms. The Morgan fingerprint density at radius 1 is 1.36 bits per heavy atom. The maximum absolute atomic E-state index is 12.5. The van der Waals surface area contributed by atoms with E-state index in [4.69, 9.17) is 4.74 Å². The molecule has 1 aliphatic heterocycles. The number of carbonyl (C=O) groups excluding carboxylic acids is 2. The van der Waals surface area contributed by atoms with E-state index in [0.29, 0.717) is 10.7 Å². The summed E-state index contributed by atoms with van der Waals surface area (Å²) in [5.41, 5.74) is 0.157. The molecule has 1 fully saturated rings. The molecule has 0 bridgehead atoms. The zero-order chi connectivity index (χ0) is 18.2. The number of ether oxygens (including phenoxy) is 1. The van der Waals surface area contributed by atoms with Crippen LogP contribution in [0.4, 0.5) is 9.93 Å². The number of nitrogens with zero attached hydrogens (tertiary/aromatic N) is 5. The predicted octanol–water partition coefficient (Wildman–Crippen LogP) is 2.29. The molecule has 0 aromatic carbocycles. The maximum Gasteiger partial charge on any atom is 0.341 e. The standard InChI is InChI=1S/C16H19N5O3S/c1-16(2,3)13-18-19-14(25-13)21-11(9-20(4)15(21)23)24-12(22)10-6-5-7-17-8-10/h5-8,11H,9H2,1-4H3. The average Bonchev–Trinajstić information content (AvgIpc) is 3.14. The van der Waals surface area contributed by atoms with Crippen LogP contribution in [0.3, 0.4) is 0 Å². The monoisotopic (exact) mass is 361 g/mol. The van der Waals surface area contributed by atoms with E-state index >= 15 is 0 Å². The van der Waals surface area contributed by atoms with Gasteiger partial charge in [-0.2, -0.15) is 0 Å². The van der Waals surface area contributed by atoms with E-state index in [9.17, 15) is 9.59 Å². The lowest BCUT2D eigenvalue weighted by molar-refractivity contribution is 0.0331. The number of esters is 1. The summed E-state index contributed by atoms with van der Waals surface area (Å²) < 4.78 is 5.52. The van der Waals surface area contributed by atoms with Crippen molar-refractivity contribution in [2.75, 3.05) is 18.5 Å². The van der Waals surface area contributed by atoms with Crippen LogP contribution in [0.15, 0.2) is 24.5 Å². The highest BCUT2D eigenvalue weighted by atomic mass is 32.1. The summed E-state index contributed by atoms with van der Waals surface area (Å²) in [5, 5.41) is 9.52. The molecule has 0 N–H and O–H groups in total. The number of likely N-dealkylation sites (N-methyl/N-ethyl adjacent to an activating group) is 1. The first kappa shape index (κ1) is 17.3. The number of amides is 2. The van der Waals surface area contributed by atoms with Crippen LogP contribution in [0.5, 0.6) is 0 Å². The van der Waals surface area contributed by atoms with Crippen LogP contribution in [0.25, 0.3) is 0 Å². The van der Waals surface area contributed by atoms with Gasteiger partial charge in [-0.1, -0.05) is 32.1 Å². The smallest absolute Gasteiger partial charge is 0.341 e. The first-order chi connectivity index (χ1) is 11.8. The van der Waals surface area contributed by atoms with Crippen LogP contribution in [-0.2, 0) is 10.2 Å². The lowest BCUT2D eigenvalue weighted by Crippen LogP contribution is -2.37. The second-order valence-corrected chi connectivity index (χ2v) is 7.73. The molecule has 0 saturated carbocycles. The van der Waals surface area contributed by atoms with Gasteiger partial charge >= 0.3 is 12.0 Å². The van der Waals surface area contributed by atoms with Gasteiger partial charge in [0.2, 0.25) is 11.4 Å². The molecule has 0 radical (unpaired) electrons. The fourth-order valence-corrected chi connectivity index (χ4v) is 3.22. The molecule has 2 aromatic rings. The number of pyridine rings is 1. The molecule has 132 valence electrons. The molecule has 2 aromatic heterocycles. The molecule has 3 rings (SSSR count). The molecule has 3 heterocycles. The van der Waals surface area contributed by atoms with E-state index in [1.807, 2.05) is 20.8 Å². The highest BCUT2D eigenvalue weighted by Crippen LogP contribution is 2.33. The minimum atomic E-state index is -0.758. The van der Waals surface area contributed by atoms with E-state index in [1.165, 1.54) is 27.3 Å². The Morgan fingerprint density at radius 2 is 2.12 bits per heavy atom. The zero-order valence-corrected chi connectivity index (χ0v) is 15.3. The Morgan fingerprint density at radius 3 is 2.72 bits per heavy atom. The summed E-state index contributed by atoms with van der Waals surface area (Å²) in [6, 6.07) is 2.99. The molecule has 1 atom stereocenters. The molecule has 1 aliphatic rings. The normalized spacial score (nSPS) is 17.9. The van der Waals surface area contributed by atoms with Crippen LogP contribution in [-0.4, -0.2) is 51.9 Å². The lowest BCUT2D eigenvalue weighted by atomic mass is 9.98. The van der Waals surface area contributed by atoms with Crippen molar-refractivity contribution >= 4 is 28.5 Å². The Kier molecular flexibility index (Phi) is 4.42. The van der Waals surface area contributed by atoms with Crippen molar-refractivity contribution in [3.63, 3.8) is 0 Å². The van der Waals surface area contributed by atoms with Gasteiger partial charge in [-0.15, -0.1) is 10.2 Å². The second kappa shape index (κ2) is 6.40. The molecule has 1 saturated heterocycles. The average molecular weight is 361 g/mol. The molecular formula is C16H19N5O3S. The van der Waals surface area contributed by atoms with Gasteiger partial charge in [0.1, 0.15) is 5.01 Å². The van der Waals surface area contributed by atoms with Gasteiger partial charge in [0.15, 0.2) is 0 Å². The van der Waals surface area contributed by atoms with Gasteiger partial charge in [0.05, 0.1) is 12.1 Å². The van der Waals surface area contributed by atoms with E-state index in [-0.39, 0.29) is 18.0 Å². The maximum atomic E-state index is 12.5. The van der Waals surface area contributed by atoms with Crippen LogP contribution in [0.2, 0.25) is 0 Å². The number of hydrogen-bond donors (Lipinski definition) is 0. The van der Waals surface area contributed by atoms with Crippen LogP contribution in [0, 0.1) is 0 Å². The fraction of sp³-hybridized carbons (Fsp3) is 0.438. The van der Waals surface area contributed by atoms with Crippen LogP contribution in [0.1, 0.15) is 36.1 Å². The molecular weight excluding hydrogens is 342 g/mol. The molecule has 1 unspecified atom stereocenters. The second-order valence-electron chi connectivity index (χ2n) is 6.77. The Hall–Kier alpha value is -2.55. The Bertz CT molecular complexity index is 787. The molecule has 9 heteroatoms. The summed E-state index contributed by atoms with van der Waals surface area (Å²) in [6.07, 6.45) is 2.24. The SMILES string of the molecule is CN1CC(OC(=O)c2cccnc2)N(c2nnc(C(C)(C)C)s2)C1=O. The van der Waals surface area contributed by atoms with E-state index in [2.05, 4.69) is 15.2 Å². The van der Waals surface area contributed by atoms with Crippen molar-refractivity contribution < 1.29 is 14.3 Å². The number of carbonyl (C=O) groups is 2. The first-order valence-corrected chi connectivity index (χ1v) is 8.58. The molecule has 0 spiro atoms. The van der Waals surface area contributed by atoms with Crippen molar-refractivity contribution in [3.8, 4) is 0 Å². The van der Waals surface area contributed by atoms with Crippen molar-refractivity contribution in [3.05, 3.63) is 35.1 Å². The summed E-state index contributed by atoms with van der Waals surface area (Å²) in [4.78, 5) is 31.6. The van der Waals surface area contributed by atoms with Gasteiger partial charge in [-0.3, -0.25) is 4.98 Å². The molecule has 2 amide bonds. The van der Waals surface area contributed by atoms with E-state index in [1.54, 1.807) is 25.4 Å². The molecule has 8 nitrogen and oxygen atoms in total. The summed E-state index contributed by atoms with van der Waals surface area (Å²) >= 11 is 1.32. The van der Waals surface area contributed by atoms with Gasteiger partial charge in [0.25, 0.3) is 0 Å². The minimum absolute atomic E-state index is 0.174. The van der Waals surface area contributed by atoms with E-state index < -0.39 is 12.2 Å². The van der Waals surface area contributed by atoms with Gasteiger partial charge in [-0.25, -0.2) is 14.5 Å². The van der Waals surface area contributed by atoms with Crippen molar-refractivity contribution in [2.24, 2.45) is 0 Å². The number of rotatable bonds is 3. The minimum Gasteiger partial charge on any atom is -0.435 e. The third-order valence-corrected chi connectivity index (χ3v) is 5.00. The number of hydrogen-bond acceptors (Lipinski definition) is 7. The van der Waals surface area contributed by atoms with Gasteiger partial charge in [-0.05, 0) is 12.1 Å². The highest BCUT2D eigenvalue weighted by molar-refractivity contribution is 7.15. The number of urea groups is 1. The highest BCUT2D eigenvalue weighted by Gasteiger charge is 2.41. The van der Waals surface area contributed by atoms with Crippen molar-refractivity contribution in [2.45, 2.75) is 32.4 Å².